The molecule has 1 rings (SSSR count). The molecule has 0 aliphatic heterocycles. The van der Waals surface area contributed by atoms with Crippen LogP contribution in [0.1, 0.15) is 18.1 Å². The predicted octanol–water partition coefficient (Wildman–Crippen LogP) is 2.67. The van der Waals surface area contributed by atoms with E-state index >= 15 is 0 Å². The SMILES string of the molecule is Cc1cc(CN(C)C(C)C=O)ccc1Cl. The Bertz CT molecular complexity index is 351. The summed E-state index contributed by atoms with van der Waals surface area (Å²) in [6, 6.07) is 5.88. The molecular formula is C12H16ClNO. The summed E-state index contributed by atoms with van der Waals surface area (Å²) in [6.07, 6.45) is 0.947. The third-order valence-electron chi connectivity index (χ3n) is 2.55. The van der Waals surface area contributed by atoms with Crippen molar-refractivity contribution in [1.29, 1.82) is 0 Å². The topological polar surface area (TPSA) is 20.3 Å². The van der Waals surface area contributed by atoms with E-state index in [0.29, 0.717) is 0 Å². The molecule has 0 saturated carbocycles. The fourth-order valence-corrected chi connectivity index (χ4v) is 1.46. The Balaban J connectivity index is 2.72. The molecule has 1 aromatic carbocycles. The third kappa shape index (κ3) is 3.33. The van der Waals surface area contributed by atoms with Crippen molar-refractivity contribution in [2.75, 3.05) is 7.05 Å². The van der Waals surface area contributed by atoms with Gasteiger partial charge in [-0.3, -0.25) is 4.90 Å². The van der Waals surface area contributed by atoms with Crippen molar-refractivity contribution in [1.82, 2.24) is 4.90 Å². The quantitative estimate of drug-likeness (QED) is 0.735. The smallest absolute Gasteiger partial charge is 0.136 e. The molecule has 0 aliphatic rings. The van der Waals surface area contributed by atoms with E-state index in [-0.39, 0.29) is 6.04 Å². The number of halogens is 1. The molecule has 0 radical (unpaired) electrons. The van der Waals surface area contributed by atoms with Crippen molar-refractivity contribution in [3.8, 4) is 0 Å². The standard InChI is InChI=1S/C12H16ClNO/c1-9-6-11(4-5-12(9)13)7-14(3)10(2)8-15/h4-6,8,10H,7H2,1-3H3. The summed E-state index contributed by atoms with van der Waals surface area (Å²) in [5.41, 5.74) is 2.24. The van der Waals surface area contributed by atoms with E-state index in [0.717, 1.165) is 23.4 Å². The first kappa shape index (κ1) is 12.2. The van der Waals surface area contributed by atoms with Gasteiger partial charge in [0.15, 0.2) is 0 Å². The number of carbonyl (C=O) groups excluding carboxylic acids is 1. The third-order valence-corrected chi connectivity index (χ3v) is 2.97. The molecule has 2 nitrogen and oxygen atoms in total. The number of carbonyl (C=O) groups is 1. The molecule has 0 heterocycles. The Morgan fingerprint density at radius 1 is 1.53 bits per heavy atom. The summed E-state index contributed by atoms with van der Waals surface area (Å²) < 4.78 is 0. The largest absolute Gasteiger partial charge is 0.302 e. The van der Waals surface area contributed by atoms with Gasteiger partial charge < -0.3 is 4.79 Å². The van der Waals surface area contributed by atoms with E-state index < -0.39 is 0 Å². The highest BCUT2D eigenvalue weighted by atomic mass is 35.5. The van der Waals surface area contributed by atoms with Gasteiger partial charge in [-0.05, 0) is 38.1 Å². The minimum absolute atomic E-state index is 0.0546. The van der Waals surface area contributed by atoms with Crippen molar-refractivity contribution in [2.24, 2.45) is 0 Å². The highest BCUT2D eigenvalue weighted by molar-refractivity contribution is 6.31. The monoisotopic (exact) mass is 225 g/mol. The zero-order valence-corrected chi connectivity index (χ0v) is 10.1. The van der Waals surface area contributed by atoms with Crippen LogP contribution in [-0.4, -0.2) is 24.3 Å². The average molecular weight is 226 g/mol. The molecular weight excluding hydrogens is 210 g/mol. The molecule has 3 heteroatoms. The van der Waals surface area contributed by atoms with Gasteiger partial charge in [0.2, 0.25) is 0 Å². The molecule has 0 amide bonds. The van der Waals surface area contributed by atoms with Crippen molar-refractivity contribution in [2.45, 2.75) is 26.4 Å². The lowest BCUT2D eigenvalue weighted by Crippen LogP contribution is -2.29. The summed E-state index contributed by atoms with van der Waals surface area (Å²) in [7, 11) is 1.93. The lowest BCUT2D eigenvalue weighted by atomic mass is 10.1. The van der Waals surface area contributed by atoms with E-state index in [9.17, 15) is 4.79 Å². The van der Waals surface area contributed by atoms with Gasteiger partial charge >= 0.3 is 0 Å². The average Bonchev–Trinajstić information content (AvgIpc) is 2.22. The Morgan fingerprint density at radius 3 is 2.73 bits per heavy atom. The van der Waals surface area contributed by atoms with Crippen LogP contribution in [0, 0.1) is 6.92 Å². The van der Waals surface area contributed by atoms with Gasteiger partial charge in [-0.25, -0.2) is 0 Å². The molecule has 0 N–H and O–H groups in total. The van der Waals surface area contributed by atoms with Crippen LogP contribution in [0.3, 0.4) is 0 Å². The molecule has 0 aromatic heterocycles. The van der Waals surface area contributed by atoms with Crippen LogP contribution >= 0.6 is 11.6 Å². The number of benzene rings is 1. The summed E-state index contributed by atoms with van der Waals surface area (Å²) in [4.78, 5) is 12.6. The first-order valence-electron chi connectivity index (χ1n) is 4.95. The Kier molecular flexibility index (Phi) is 4.30. The van der Waals surface area contributed by atoms with E-state index in [1.54, 1.807) is 0 Å². The molecule has 1 aromatic rings. The molecule has 0 spiro atoms. The fourth-order valence-electron chi connectivity index (χ4n) is 1.34. The molecule has 0 bridgehead atoms. The van der Waals surface area contributed by atoms with Crippen LogP contribution in [0.15, 0.2) is 18.2 Å². The Hall–Kier alpha value is -0.860. The van der Waals surface area contributed by atoms with Crippen LogP contribution in [0.4, 0.5) is 0 Å². The number of nitrogens with zero attached hydrogens (tertiary/aromatic N) is 1. The first-order chi connectivity index (χ1) is 7.04. The molecule has 0 saturated heterocycles. The van der Waals surface area contributed by atoms with Crippen LogP contribution in [0.25, 0.3) is 0 Å². The normalized spacial score (nSPS) is 12.9. The number of hydrogen-bond acceptors (Lipinski definition) is 2. The van der Waals surface area contributed by atoms with E-state index in [1.165, 1.54) is 5.56 Å². The number of hydrogen-bond donors (Lipinski definition) is 0. The zero-order valence-electron chi connectivity index (χ0n) is 9.33. The van der Waals surface area contributed by atoms with Crippen molar-refractivity contribution in [3.63, 3.8) is 0 Å². The maximum Gasteiger partial charge on any atom is 0.136 e. The van der Waals surface area contributed by atoms with Gasteiger partial charge in [0.05, 0.1) is 6.04 Å². The van der Waals surface area contributed by atoms with E-state index in [4.69, 9.17) is 11.6 Å². The van der Waals surface area contributed by atoms with Crippen LogP contribution in [0.5, 0.6) is 0 Å². The molecule has 1 atom stereocenters. The minimum Gasteiger partial charge on any atom is -0.302 e. The highest BCUT2D eigenvalue weighted by Crippen LogP contribution is 2.17. The van der Waals surface area contributed by atoms with Gasteiger partial charge in [-0.2, -0.15) is 0 Å². The van der Waals surface area contributed by atoms with Gasteiger partial charge in [-0.1, -0.05) is 23.7 Å². The molecule has 0 aliphatic carbocycles. The van der Waals surface area contributed by atoms with Crippen molar-refractivity contribution < 1.29 is 4.79 Å². The van der Waals surface area contributed by atoms with Gasteiger partial charge in [-0.15, -0.1) is 0 Å². The van der Waals surface area contributed by atoms with Crippen LogP contribution < -0.4 is 0 Å². The number of aldehydes is 1. The Labute approximate surface area is 95.8 Å². The van der Waals surface area contributed by atoms with Gasteiger partial charge in [0, 0.05) is 11.6 Å². The van der Waals surface area contributed by atoms with Gasteiger partial charge in [0.25, 0.3) is 0 Å². The number of aryl methyl sites for hydroxylation is 1. The predicted molar refractivity (Wildman–Crippen MR) is 63.2 cm³/mol. The summed E-state index contributed by atoms with van der Waals surface area (Å²) in [6.45, 7) is 4.63. The van der Waals surface area contributed by atoms with Crippen molar-refractivity contribution >= 4 is 17.9 Å². The van der Waals surface area contributed by atoms with Crippen LogP contribution in [-0.2, 0) is 11.3 Å². The van der Waals surface area contributed by atoms with E-state index in [1.807, 2.05) is 37.9 Å². The fraction of sp³-hybridized carbons (Fsp3) is 0.417. The lowest BCUT2D eigenvalue weighted by Gasteiger charge is -2.20. The summed E-state index contributed by atoms with van der Waals surface area (Å²) >= 11 is 5.94. The second-order valence-corrected chi connectivity index (χ2v) is 4.28. The molecule has 15 heavy (non-hydrogen) atoms. The first-order valence-corrected chi connectivity index (χ1v) is 5.33. The summed E-state index contributed by atoms with van der Waals surface area (Å²) in [5, 5.41) is 0.782. The lowest BCUT2D eigenvalue weighted by molar-refractivity contribution is -0.111. The van der Waals surface area contributed by atoms with Crippen molar-refractivity contribution in [3.05, 3.63) is 34.3 Å². The second-order valence-electron chi connectivity index (χ2n) is 3.88. The maximum atomic E-state index is 10.6. The maximum absolute atomic E-state index is 10.6. The molecule has 0 fully saturated rings. The zero-order chi connectivity index (χ0) is 11.4. The number of rotatable bonds is 4. The van der Waals surface area contributed by atoms with E-state index in [2.05, 4.69) is 6.07 Å². The Morgan fingerprint density at radius 2 is 2.20 bits per heavy atom. The minimum atomic E-state index is -0.0546. The van der Waals surface area contributed by atoms with Crippen LogP contribution in [0.2, 0.25) is 5.02 Å². The highest BCUT2D eigenvalue weighted by Gasteiger charge is 2.08. The van der Waals surface area contributed by atoms with Gasteiger partial charge in [0.1, 0.15) is 6.29 Å². The summed E-state index contributed by atoms with van der Waals surface area (Å²) in [5.74, 6) is 0. The molecule has 82 valence electrons. The molecule has 1 unspecified atom stereocenters. The second kappa shape index (κ2) is 5.29. The number of likely N-dealkylation sites (N-methyl/N-ethyl adjacent to an activating group) is 1.